The molecule has 0 aromatic heterocycles. The molecule has 0 heterocycles. The van der Waals surface area contributed by atoms with Crippen LogP contribution in [0.4, 0.5) is 10.1 Å². The van der Waals surface area contributed by atoms with Crippen molar-refractivity contribution in [3.63, 3.8) is 0 Å². The Kier molecular flexibility index (Phi) is 11.0. The predicted octanol–water partition coefficient (Wildman–Crippen LogP) is 6.49. The zero-order chi connectivity index (χ0) is 31.9. The molecule has 0 aliphatic heterocycles. The van der Waals surface area contributed by atoms with Gasteiger partial charge in [-0.1, -0.05) is 96.0 Å². The smallest absolute Gasteiger partial charge is 0.264 e. The molecule has 1 N–H and O–H groups in total. The van der Waals surface area contributed by atoms with Crippen LogP contribution in [0.25, 0.3) is 0 Å². The molecule has 4 aromatic carbocycles. The topological polar surface area (TPSA) is 86.8 Å². The van der Waals surface area contributed by atoms with Gasteiger partial charge in [0.25, 0.3) is 10.0 Å². The summed E-state index contributed by atoms with van der Waals surface area (Å²) in [5.74, 6) is -1.78. The third kappa shape index (κ3) is 7.96. The normalized spacial score (nSPS) is 12.0. The van der Waals surface area contributed by atoms with Crippen LogP contribution >= 0.6 is 23.2 Å². The molecule has 0 fully saturated rings. The van der Waals surface area contributed by atoms with Crippen LogP contribution in [0.5, 0.6) is 0 Å². The van der Waals surface area contributed by atoms with Gasteiger partial charge < -0.3 is 10.2 Å². The van der Waals surface area contributed by atoms with Crippen LogP contribution in [-0.4, -0.2) is 43.8 Å². The highest BCUT2D eigenvalue weighted by molar-refractivity contribution is 7.92. The Morgan fingerprint density at radius 3 is 2.09 bits per heavy atom. The van der Waals surface area contributed by atoms with Gasteiger partial charge in [0.15, 0.2) is 0 Å². The van der Waals surface area contributed by atoms with Gasteiger partial charge in [-0.3, -0.25) is 13.9 Å². The van der Waals surface area contributed by atoms with E-state index < -0.39 is 40.2 Å². The van der Waals surface area contributed by atoms with E-state index in [4.69, 9.17) is 23.2 Å². The highest BCUT2D eigenvalue weighted by Gasteiger charge is 2.36. The first kappa shape index (κ1) is 33.0. The molecule has 4 rings (SSSR count). The lowest BCUT2D eigenvalue weighted by molar-refractivity contribution is -0.140. The van der Waals surface area contributed by atoms with Gasteiger partial charge in [-0.25, -0.2) is 12.8 Å². The van der Waals surface area contributed by atoms with Gasteiger partial charge in [0.05, 0.1) is 20.6 Å². The monoisotopic (exact) mass is 655 g/mol. The van der Waals surface area contributed by atoms with Crippen molar-refractivity contribution in [3.8, 4) is 0 Å². The summed E-state index contributed by atoms with van der Waals surface area (Å²) in [5.41, 5.74) is 0.900. The lowest BCUT2D eigenvalue weighted by atomic mass is 10.0. The van der Waals surface area contributed by atoms with Gasteiger partial charge in [-0.15, -0.1) is 0 Å². The maximum Gasteiger partial charge on any atom is 0.264 e. The van der Waals surface area contributed by atoms with Crippen molar-refractivity contribution in [1.29, 1.82) is 0 Å². The van der Waals surface area contributed by atoms with Crippen molar-refractivity contribution in [3.05, 3.63) is 130 Å². The van der Waals surface area contributed by atoms with E-state index in [1.54, 1.807) is 38.1 Å². The number of anilines is 1. The molecule has 44 heavy (non-hydrogen) atoms. The minimum atomic E-state index is -4.36. The molecule has 0 saturated heterocycles. The van der Waals surface area contributed by atoms with Gasteiger partial charge in [0, 0.05) is 24.6 Å². The van der Waals surface area contributed by atoms with Gasteiger partial charge >= 0.3 is 0 Å². The van der Waals surface area contributed by atoms with Crippen molar-refractivity contribution >= 4 is 50.7 Å². The van der Waals surface area contributed by atoms with Crippen LogP contribution in [0.1, 0.15) is 25.0 Å². The summed E-state index contributed by atoms with van der Waals surface area (Å²) in [5, 5.41) is 2.88. The summed E-state index contributed by atoms with van der Waals surface area (Å²) in [6.07, 6.45) is 0.100. The first-order valence-corrected chi connectivity index (χ1v) is 16.1. The van der Waals surface area contributed by atoms with E-state index in [1.165, 1.54) is 53.4 Å². The molecule has 1 atom stereocenters. The van der Waals surface area contributed by atoms with Gasteiger partial charge in [-0.05, 0) is 49.7 Å². The molecule has 0 aliphatic rings. The first-order valence-electron chi connectivity index (χ1n) is 13.9. The van der Waals surface area contributed by atoms with E-state index in [9.17, 15) is 22.4 Å². The van der Waals surface area contributed by atoms with Crippen LogP contribution in [0.15, 0.2) is 108 Å². The highest BCUT2D eigenvalue weighted by atomic mass is 35.5. The molecule has 0 saturated carbocycles. The van der Waals surface area contributed by atoms with Crippen molar-refractivity contribution in [2.45, 2.75) is 43.8 Å². The summed E-state index contributed by atoms with van der Waals surface area (Å²) < 4.78 is 43.9. The van der Waals surface area contributed by atoms with Gasteiger partial charge in [0.2, 0.25) is 11.8 Å². The Bertz CT molecular complexity index is 1710. The Labute approximate surface area is 267 Å². The molecular weight excluding hydrogens is 624 g/mol. The summed E-state index contributed by atoms with van der Waals surface area (Å²) in [6.45, 7) is 2.54. The van der Waals surface area contributed by atoms with Crippen molar-refractivity contribution in [1.82, 2.24) is 10.2 Å². The Hall–Kier alpha value is -3.92. The molecular formula is C33H32Cl2FN3O4S. The lowest BCUT2D eigenvalue weighted by Crippen LogP contribution is -2.54. The predicted molar refractivity (Wildman–Crippen MR) is 172 cm³/mol. The number of benzene rings is 4. The molecule has 4 aromatic rings. The minimum Gasteiger partial charge on any atom is -0.352 e. The zero-order valence-corrected chi connectivity index (χ0v) is 26.5. The molecule has 11 heteroatoms. The molecule has 0 unspecified atom stereocenters. The number of carbonyl (C=O) groups excluding carboxylic acids is 2. The largest absolute Gasteiger partial charge is 0.352 e. The van der Waals surface area contributed by atoms with E-state index in [0.29, 0.717) is 0 Å². The molecule has 2 amide bonds. The number of halogens is 3. The number of hydrogen-bond donors (Lipinski definition) is 1. The number of nitrogens with one attached hydrogen (secondary N) is 1. The molecule has 0 spiro atoms. The Morgan fingerprint density at radius 1 is 0.841 bits per heavy atom. The fourth-order valence-corrected chi connectivity index (χ4v) is 6.56. The second-order valence-electron chi connectivity index (χ2n) is 10.4. The molecule has 0 radical (unpaired) electrons. The van der Waals surface area contributed by atoms with E-state index in [0.717, 1.165) is 9.87 Å². The Balaban J connectivity index is 1.84. The van der Waals surface area contributed by atoms with Crippen molar-refractivity contribution < 1.29 is 22.4 Å². The first-order chi connectivity index (χ1) is 21.0. The minimum absolute atomic E-state index is 0.0200. The molecule has 0 aliphatic carbocycles. The van der Waals surface area contributed by atoms with Crippen LogP contribution < -0.4 is 9.62 Å². The van der Waals surface area contributed by atoms with E-state index in [1.807, 2.05) is 30.3 Å². The molecule has 0 bridgehead atoms. The maximum atomic E-state index is 15.0. The quantitative estimate of drug-likeness (QED) is 0.189. The van der Waals surface area contributed by atoms with Gasteiger partial charge in [-0.2, -0.15) is 0 Å². The SMILES string of the molecule is CC(C)NC(=O)[C@@H](Cc1ccccc1)N(Cc1ccccc1F)C(=O)CN(c1cccc(Cl)c1Cl)S(=O)(=O)c1ccccc1. The van der Waals surface area contributed by atoms with E-state index in [2.05, 4.69) is 5.32 Å². The van der Waals surface area contributed by atoms with Crippen molar-refractivity contribution in [2.75, 3.05) is 10.8 Å². The summed E-state index contributed by atoms with van der Waals surface area (Å²) in [6, 6.07) is 25.7. The van der Waals surface area contributed by atoms with Crippen LogP contribution in [0.3, 0.4) is 0 Å². The second kappa shape index (κ2) is 14.7. The van der Waals surface area contributed by atoms with E-state index in [-0.39, 0.29) is 45.2 Å². The number of sulfonamides is 1. The summed E-state index contributed by atoms with van der Waals surface area (Å²) in [7, 11) is -4.36. The third-order valence-electron chi connectivity index (χ3n) is 6.81. The number of amides is 2. The Morgan fingerprint density at radius 2 is 1.45 bits per heavy atom. The molecule has 7 nitrogen and oxygen atoms in total. The van der Waals surface area contributed by atoms with Crippen LogP contribution in [0, 0.1) is 5.82 Å². The van der Waals surface area contributed by atoms with E-state index >= 15 is 0 Å². The third-order valence-corrected chi connectivity index (χ3v) is 9.39. The van der Waals surface area contributed by atoms with Crippen molar-refractivity contribution in [2.24, 2.45) is 0 Å². The lowest BCUT2D eigenvalue weighted by Gasteiger charge is -2.34. The second-order valence-corrected chi connectivity index (χ2v) is 13.0. The fraction of sp³-hybridized carbons (Fsp3) is 0.212. The standard InChI is InChI=1S/C33H32Cl2FN3O4S/c1-23(2)37-33(41)30(20-24-12-5-3-6-13-24)38(21-25-14-9-10-18-28(25)36)31(40)22-39(29-19-11-17-27(34)32(29)35)44(42,43)26-15-7-4-8-16-26/h3-19,23,30H,20-22H2,1-2H3,(H,37,41)/t30-/m1/s1. The number of carbonyl (C=O) groups is 2. The average Bonchev–Trinajstić information content (AvgIpc) is 3.00. The molecule has 230 valence electrons. The number of rotatable bonds is 12. The summed E-state index contributed by atoms with van der Waals surface area (Å²) >= 11 is 12.8. The van der Waals surface area contributed by atoms with Gasteiger partial charge in [0.1, 0.15) is 18.4 Å². The number of nitrogens with zero attached hydrogens (tertiary/aromatic N) is 2. The fourth-order valence-electron chi connectivity index (χ4n) is 4.66. The van der Waals surface area contributed by atoms with Crippen LogP contribution in [0.2, 0.25) is 10.0 Å². The highest BCUT2D eigenvalue weighted by Crippen LogP contribution is 2.35. The average molecular weight is 657 g/mol. The maximum absolute atomic E-state index is 15.0. The van der Waals surface area contributed by atoms with Crippen LogP contribution in [-0.2, 0) is 32.6 Å². The zero-order valence-electron chi connectivity index (χ0n) is 24.2. The summed E-state index contributed by atoms with van der Waals surface area (Å²) in [4.78, 5) is 29.2. The number of hydrogen-bond acceptors (Lipinski definition) is 4.